The Hall–Kier alpha value is -0.0400. The Morgan fingerprint density at radius 2 is 1.75 bits per heavy atom. The summed E-state index contributed by atoms with van der Waals surface area (Å²) in [5, 5.41) is 3.98. The van der Waals surface area contributed by atoms with Crippen LogP contribution in [0.1, 0.15) is 64.7 Å². The highest BCUT2D eigenvalue weighted by Crippen LogP contribution is 2.44. The molecule has 0 aliphatic heterocycles. The lowest BCUT2D eigenvalue weighted by molar-refractivity contribution is 0.236. The lowest BCUT2D eigenvalue weighted by atomic mass is 9.83. The quantitative estimate of drug-likeness (QED) is 0.765. The van der Waals surface area contributed by atoms with Gasteiger partial charge in [-0.2, -0.15) is 0 Å². The first-order chi connectivity index (χ1) is 7.83. The maximum absolute atomic E-state index is 3.98. The second-order valence-corrected chi connectivity index (χ2v) is 6.63. The molecule has 92 valence electrons. The van der Waals surface area contributed by atoms with Crippen LogP contribution in [0.3, 0.4) is 0 Å². The van der Waals surface area contributed by atoms with Crippen molar-refractivity contribution < 1.29 is 0 Å². The largest absolute Gasteiger partial charge is 0.311 e. The third kappa shape index (κ3) is 2.16. The van der Waals surface area contributed by atoms with E-state index in [0.717, 1.165) is 29.8 Å². The van der Waals surface area contributed by atoms with Gasteiger partial charge in [-0.3, -0.25) is 0 Å². The maximum Gasteiger partial charge on any atom is 0.0101 e. The second kappa shape index (κ2) is 4.68. The molecule has 3 saturated carbocycles. The monoisotopic (exact) mass is 221 g/mol. The van der Waals surface area contributed by atoms with Crippen molar-refractivity contribution in [2.45, 2.75) is 76.8 Å². The van der Waals surface area contributed by atoms with E-state index in [1.54, 1.807) is 0 Å². The number of nitrogens with one attached hydrogen (secondary N) is 1. The van der Waals surface area contributed by atoms with Gasteiger partial charge in [-0.15, -0.1) is 0 Å². The van der Waals surface area contributed by atoms with Crippen molar-refractivity contribution in [1.29, 1.82) is 0 Å². The van der Waals surface area contributed by atoms with Crippen molar-refractivity contribution >= 4 is 0 Å². The lowest BCUT2D eigenvalue weighted by Crippen LogP contribution is -2.44. The molecule has 2 bridgehead atoms. The van der Waals surface area contributed by atoms with Gasteiger partial charge in [0.1, 0.15) is 0 Å². The Kier molecular flexibility index (Phi) is 3.24. The van der Waals surface area contributed by atoms with E-state index in [4.69, 9.17) is 0 Å². The Labute approximate surface area is 100 Å². The summed E-state index contributed by atoms with van der Waals surface area (Å²) in [5.74, 6) is 3.10. The Morgan fingerprint density at radius 3 is 2.38 bits per heavy atom. The van der Waals surface area contributed by atoms with E-state index >= 15 is 0 Å². The summed E-state index contributed by atoms with van der Waals surface area (Å²) in [6.45, 7) is 2.45. The molecule has 1 N–H and O–H groups in total. The summed E-state index contributed by atoms with van der Waals surface area (Å²) in [6, 6.07) is 1.67. The van der Waals surface area contributed by atoms with Crippen LogP contribution in [0.5, 0.6) is 0 Å². The van der Waals surface area contributed by atoms with Crippen LogP contribution in [0.4, 0.5) is 0 Å². The second-order valence-electron chi connectivity index (χ2n) is 6.63. The van der Waals surface area contributed by atoms with Crippen molar-refractivity contribution in [2.24, 2.45) is 17.8 Å². The highest BCUT2D eigenvalue weighted by atomic mass is 15.0. The minimum atomic E-state index is 0.782. The number of rotatable bonds is 3. The smallest absolute Gasteiger partial charge is 0.0101 e. The molecule has 3 aliphatic carbocycles. The van der Waals surface area contributed by atoms with Gasteiger partial charge in [0.25, 0.3) is 0 Å². The van der Waals surface area contributed by atoms with Gasteiger partial charge in [-0.25, -0.2) is 0 Å². The van der Waals surface area contributed by atoms with E-state index in [0.29, 0.717) is 0 Å². The SMILES string of the molecule is C[C@H](NC1CC2CCC1C2)C1CCCCC1. The first-order valence-electron chi connectivity index (χ1n) is 7.59. The van der Waals surface area contributed by atoms with E-state index in [9.17, 15) is 0 Å². The van der Waals surface area contributed by atoms with Crippen molar-refractivity contribution in [3.05, 3.63) is 0 Å². The first-order valence-corrected chi connectivity index (χ1v) is 7.59. The fourth-order valence-electron chi connectivity index (χ4n) is 4.56. The average molecular weight is 221 g/mol. The fraction of sp³-hybridized carbons (Fsp3) is 1.00. The molecule has 0 aromatic rings. The van der Waals surface area contributed by atoms with Crippen LogP contribution >= 0.6 is 0 Å². The third-order valence-electron chi connectivity index (χ3n) is 5.57. The molecule has 0 aromatic carbocycles. The van der Waals surface area contributed by atoms with Gasteiger partial charge in [0, 0.05) is 12.1 Å². The van der Waals surface area contributed by atoms with E-state index in [1.165, 1.54) is 57.8 Å². The summed E-state index contributed by atoms with van der Waals surface area (Å²) in [4.78, 5) is 0. The molecule has 4 atom stereocenters. The average Bonchev–Trinajstić information content (AvgIpc) is 2.92. The standard InChI is InChI=1S/C15H27N/c1-11(13-5-3-2-4-6-13)16-15-10-12-7-8-14(15)9-12/h11-16H,2-10H2,1H3/t11-,12?,14?,15?/m0/s1. The molecular formula is C15H27N. The van der Waals surface area contributed by atoms with Gasteiger partial charge < -0.3 is 5.32 Å². The van der Waals surface area contributed by atoms with Gasteiger partial charge >= 0.3 is 0 Å². The van der Waals surface area contributed by atoms with Crippen molar-refractivity contribution in [3.63, 3.8) is 0 Å². The normalized spacial score (nSPS) is 41.4. The van der Waals surface area contributed by atoms with Crippen LogP contribution in [-0.4, -0.2) is 12.1 Å². The van der Waals surface area contributed by atoms with E-state index < -0.39 is 0 Å². The minimum Gasteiger partial charge on any atom is -0.311 e. The van der Waals surface area contributed by atoms with Crippen LogP contribution in [-0.2, 0) is 0 Å². The van der Waals surface area contributed by atoms with Crippen LogP contribution in [0.2, 0.25) is 0 Å². The van der Waals surface area contributed by atoms with E-state index in [2.05, 4.69) is 12.2 Å². The molecule has 0 spiro atoms. The zero-order chi connectivity index (χ0) is 11.0. The number of hydrogen-bond donors (Lipinski definition) is 1. The Bertz CT molecular complexity index is 232. The van der Waals surface area contributed by atoms with Gasteiger partial charge in [-0.05, 0) is 56.8 Å². The molecule has 1 heteroatoms. The van der Waals surface area contributed by atoms with Crippen molar-refractivity contribution in [3.8, 4) is 0 Å². The van der Waals surface area contributed by atoms with Crippen LogP contribution in [0.25, 0.3) is 0 Å². The van der Waals surface area contributed by atoms with Gasteiger partial charge in [-0.1, -0.05) is 25.7 Å². The molecule has 3 unspecified atom stereocenters. The predicted octanol–water partition coefficient (Wildman–Crippen LogP) is 3.73. The molecular weight excluding hydrogens is 194 g/mol. The summed E-state index contributed by atoms with van der Waals surface area (Å²) in [7, 11) is 0. The van der Waals surface area contributed by atoms with Crippen LogP contribution < -0.4 is 5.32 Å². The number of hydrogen-bond acceptors (Lipinski definition) is 1. The third-order valence-corrected chi connectivity index (χ3v) is 5.57. The lowest BCUT2D eigenvalue weighted by Gasteiger charge is -2.33. The summed E-state index contributed by atoms with van der Waals surface area (Å²) < 4.78 is 0. The van der Waals surface area contributed by atoms with Gasteiger partial charge in [0.05, 0.1) is 0 Å². The summed E-state index contributed by atoms with van der Waals surface area (Å²) >= 11 is 0. The summed E-state index contributed by atoms with van der Waals surface area (Å²) in [6.07, 6.45) is 13.5. The van der Waals surface area contributed by atoms with Gasteiger partial charge in [0.15, 0.2) is 0 Å². The van der Waals surface area contributed by atoms with E-state index in [-0.39, 0.29) is 0 Å². The predicted molar refractivity (Wildman–Crippen MR) is 68.4 cm³/mol. The molecule has 3 aliphatic rings. The van der Waals surface area contributed by atoms with Crippen LogP contribution in [0.15, 0.2) is 0 Å². The first kappa shape index (κ1) is 11.1. The number of fused-ring (bicyclic) bond motifs is 2. The Morgan fingerprint density at radius 1 is 0.938 bits per heavy atom. The molecule has 3 fully saturated rings. The minimum absolute atomic E-state index is 0.782. The molecule has 0 aromatic heterocycles. The molecule has 0 heterocycles. The zero-order valence-corrected chi connectivity index (χ0v) is 10.8. The van der Waals surface area contributed by atoms with Crippen molar-refractivity contribution in [1.82, 2.24) is 5.32 Å². The van der Waals surface area contributed by atoms with Crippen LogP contribution in [0, 0.1) is 17.8 Å². The van der Waals surface area contributed by atoms with Crippen molar-refractivity contribution in [2.75, 3.05) is 0 Å². The Balaban J connectivity index is 1.50. The molecule has 16 heavy (non-hydrogen) atoms. The summed E-state index contributed by atoms with van der Waals surface area (Å²) in [5.41, 5.74) is 0. The topological polar surface area (TPSA) is 12.0 Å². The molecule has 1 nitrogen and oxygen atoms in total. The van der Waals surface area contributed by atoms with E-state index in [1.807, 2.05) is 0 Å². The zero-order valence-electron chi connectivity index (χ0n) is 10.8. The van der Waals surface area contributed by atoms with Gasteiger partial charge in [0.2, 0.25) is 0 Å². The molecule has 3 rings (SSSR count). The fourth-order valence-corrected chi connectivity index (χ4v) is 4.56. The molecule has 0 amide bonds. The molecule has 0 saturated heterocycles. The highest BCUT2D eigenvalue weighted by molar-refractivity contribution is 4.95. The maximum atomic E-state index is 3.98. The molecule has 0 radical (unpaired) electrons. The highest BCUT2D eigenvalue weighted by Gasteiger charge is 2.40.